The molecule has 5 nitrogen and oxygen atoms in total. The number of nitrogens with one attached hydrogen (secondary N) is 2. The minimum Gasteiger partial charge on any atom is -0.446 e. The molecule has 0 saturated heterocycles. The van der Waals surface area contributed by atoms with E-state index in [2.05, 4.69) is 5.32 Å². The zero-order valence-corrected chi connectivity index (χ0v) is 11.3. The van der Waals surface area contributed by atoms with Crippen molar-refractivity contribution in [3.05, 3.63) is 47.7 Å². The van der Waals surface area contributed by atoms with E-state index in [0.717, 1.165) is 12.1 Å². The molecule has 2 aromatic rings. The lowest BCUT2D eigenvalue weighted by Crippen LogP contribution is -2.12. The van der Waals surface area contributed by atoms with Crippen molar-refractivity contribution in [2.24, 2.45) is 0 Å². The molecule has 0 spiro atoms. The highest BCUT2D eigenvalue weighted by molar-refractivity contribution is 7.92. The Morgan fingerprint density at radius 3 is 2.40 bits per heavy atom. The summed E-state index contributed by atoms with van der Waals surface area (Å²) in [5.41, 5.74) is -0.214. The predicted molar refractivity (Wildman–Crippen MR) is 68.6 cm³/mol. The van der Waals surface area contributed by atoms with Crippen molar-refractivity contribution >= 4 is 15.7 Å². The first-order chi connectivity index (χ1) is 9.40. The van der Waals surface area contributed by atoms with E-state index in [9.17, 15) is 17.2 Å². The van der Waals surface area contributed by atoms with Crippen molar-refractivity contribution in [2.75, 3.05) is 11.8 Å². The normalized spacial score (nSPS) is 11.6. The van der Waals surface area contributed by atoms with Crippen molar-refractivity contribution < 1.29 is 21.6 Å². The molecule has 0 aliphatic rings. The van der Waals surface area contributed by atoms with E-state index >= 15 is 0 Å². The number of rotatable bonds is 5. The van der Waals surface area contributed by atoms with Crippen LogP contribution in [0.3, 0.4) is 0 Å². The third kappa shape index (κ3) is 3.34. The SMILES string of the molecule is CNCc1ccc(S(=O)(=O)Nc2cc(F)cc(F)c2)o1. The van der Waals surface area contributed by atoms with Crippen LogP contribution in [0.25, 0.3) is 0 Å². The highest BCUT2D eigenvalue weighted by Gasteiger charge is 2.19. The van der Waals surface area contributed by atoms with Gasteiger partial charge in [-0.3, -0.25) is 4.72 Å². The van der Waals surface area contributed by atoms with Gasteiger partial charge in [0.2, 0.25) is 5.09 Å². The Hall–Kier alpha value is -1.93. The molecule has 2 rings (SSSR count). The van der Waals surface area contributed by atoms with Crippen LogP contribution in [0.4, 0.5) is 14.5 Å². The van der Waals surface area contributed by atoms with Gasteiger partial charge in [0.05, 0.1) is 12.2 Å². The smallest absolute Gasteiger partial charge is 0.295 e. The molecule has 108 valence electrons. The summed E-state index contributed by atoms with van der Waals surface area (Å²) in [6.07, 6.45) is 0. The van der Waals surface area contributed by atoms with Gasteiger partial charge in [0.1, 0.15) is 17.4 Å². The van der Waals surface area contributed by atoms with E-state index in [0.29, 0.717) is 18.4 Å². The maximum atomic E-state index is 13.0. The Morgan fingerprint density at radius 2 is 1.80 bits per heavy atom. The monoisotopic (exact) mass is 302 g/mol. The third-order valence-electron chi connectivity index (χ3n) is 2.37. The maximum Gasteiger partial charge on any atom is 0.295 e. The van der Waals surface area contributed by atoms with Crippen molar-refractivity contribution in [1.82, 2.24) is 5.32 Å². The molecule has 0 amide bonds. The second-order valence-corrected chi connectivity index (χ2v) is 5.63. The van der Waals surface area contributed by atoms with Crippen LogP contribution < -0.4 is 10.0 Å². The molecule has 1 aromatic heterocycles. The Morgan fingerprint density at radius 1 is 1.15 bits per heavy atom. The van der Waals surface area contributed by atoms with Crippen LogP contribution in [0.5, 0.6) is 0 Å². The van der Waals surface area contributed by atoms with E-state index in [1.807, 2.05) is 4.72 Å². The van der Waals surface area contributed by atoms with Crippen molar-refractivity contribution in [3.8, 4) is 0 Å². The first-order valence-corrected chi connectivity index (χ1v) is 7.11. The molecule has 0 fully saturated rings. The number of sulfonamides is 1. The van der Waals surface area contributed by atoms with Crippen LogP contribution in [0.1, 0.15) is 5.76 Å². The lowest BCUT2D eigenvalue weighted by atomic mass is 10.3. The fourth-order valence-corrected chi connectivity index (χ4v) is 2.58. The molecule has 0 bridgehead atoms. The average Bonchev–Trinajstić information content (AvgIpc) is 2.76. The van der Waals surface area contributed by atoms with Crippen molar-refractivity contribution in [2.45, 2.75) is 11.6 Å². The van der Waals surface area contributed by atoms with Gasteiger partial charge in [0.25, 0.3) is 10.0 Å². The molecule has 20 heavy (non-hydrogen) atoms. The van der Waals surface area contributed by atoms with E-state index in [1.54, 1.807) is 7.05 Å². The van der Waals surface area contributed by atoms with Gasteiger partial charge in [-0.15, -0.1) is 0 Å². The topological polar surface area (TPSA) is 71.3 Å². The van der Waals surface area contributed by atoms with Crippen molar-refractivity contribution in [1.29, 1.82) is 0 Å². The molecule has 1 heterocycles. The van der Waals surface area contributed by atoms with Crippen LogP contribution in [0.2, 0.25) is 0 Å². The number of hydrogen-bond acceptors (Lipinski definition) is 4. The molecular weight excluding hydrogens is 290 g/mol. The van der Waals surface area contributed by atoms with Gasteiger partial charge >= 0.3 is 0 Å². The Kier molecular flexibility index (Phi) is 4.05. The highest BCUT2D eigenvalue weighted by atomic mass is 32.2. The predicted octanol–water partition coefficient (Wildman–Crippen LogP) is 2.08. The number of hydrogen-bond donors (Lipinski definition) is 2. The van der Waals surface area contributed by atoms with Gasteiger partial charge in [-0.25, -0.2) is 8.78 Å². The Bertz CT molecular complexity index is 693. The second-order valence-electron chi connectivity index (χ2n) is 4.01. The lowest BCUT2D eigenvalue weighted by molar-refractivity contribution is 0.408. The van der Waals surface area contributed by atoms with Crippen LogP contribution in [0, 0.1) is 11.6 Å². The summed E-state index contributed by atoms with van der Waals surface area (Å²) in [6.45, 7) is 0.365. The average molecular weight is 302 g/mol. The van der Waals surface area contributed by atoms with Gasteiger partial charge in [-0.2, -0.15) is 8.42 Å². The highest BCUT2D eigenvalue weighted by Crippen LogP contribution is 2.20. The first kappa shape index (κ1) is 14.5. The standard InChI is InChI=1S/C12H12F2N2O3S/c1-15-7-11-2-3-12(19-11)20(17,18)16-10-5-8(13)4-9(14)6-10/h2-6,15-16H,7H2,1H3. The molecular formula is C12H12F2N2O3S. The summed E-state index contributed by atoms with van der Waals surface area (Å²) < 4.78 is 57.1. The second kappa shape index (κ2) is 5.59. The van der Waals surface area contributed by atoms with E-state index in [4.69, 9.17) is 4.42 Å². The summed E-state index contributed by atoms with van der Waals surface area (Å²) in [6, 6.07) is 5.16. The Balaban J connectivity index is 2.25. The molecule has 2 N–H and O–H groups in total. The molecule has 0 aliphatic carbocycles. The quantitative estimate of drug-likeness (QED) is 0.887. The van der Waals surface area contributed by atoms with Crippen LogP contribution in [-0.4, -0.2) is 15.5 Å². The van der Waals surface area contributed by atoms with Gasteiger partial charge in [-0.05, 0) is 31.3 Å². The summed E-state index contributed by atoms with van der Waals surface area (Å²) >= 11 is 0. The van der Waals surface area contributed by atoms with Crippen LogP contribution in [-0.2, 0) is 16.6 Å². The van der Waals surface area contributed by atoms with Crippen molar-refractivity contribution in [3.63, 3.8) is 0 Å². The molecule has 1 aromatic carbocycles. The molecule has 0 radical (unpaired) electrons. The minimum atomic E-state index is -4.02. The lowest BCUT2D eigenvalue weighted by Gasteiger charge is -2.06. The number of benzene rings is 1. The van der Waals surface area contributed by atoms with Gasteiger partial charge in [0, 0.05) is 6.07 Å². The van der Waals surface area contributed by atoms with E-state index in [-0.39, 0.29) is 10.8 Å². The molecule has 8 heteroatoms. The van der Waals surface area contributed by atoms with Gasteiger partial charge < -0.3 is 9.73 Å². The Labute approximate surface area is 114 Å². The minimum absolute atomic E-state index is 0.214. The molecule has 0 unspecified atom stereocenters. The summed E-state index contributed by atoms with van der Waals surface area (Å²) in [4.78, 5) is 0. The van der Waals surface area contributed by atoms with E-state index < -0.39 is 21.7 Å². The molecule has 0 atom stereocenters. The zero-order valence-electron chi connectivity index (χ0n) is 10.5. The van der Waals surface area contributed by atoms with Gasteiger partial charge in [0.15, 0.2) is 0 Å². The largest absolute Gasteiger partial charge is 0.446 e. The number of furan rings is 1. The summed E-state index contributed by atoms with van der Waals surface area (Å²) in [7, 11) is -2.34. The van der Waals surface area contributed by atoms with Gasteiger partial charge in [-0.1, -0.05) is 0 Å². The van der Waals surface area contributed by atoms with E-state index in [1.165, 1.54) is 12.1 Å². The fourth-order valence-electron chi connectivity index (χ4n) is 1.59. The van der Waals surface area contributed by atoms with Crippen LogP contribution >= 0.6 is 0 Å². The third-order valence-corrected chi connectivity index (χ3v) is 3.62. The van der Waals surface area contributed by atoms with Crippen LogP contribution in [0.15, 0.2) is 39.8 Å². The molecule has 0 saturated carbocycles. The number of anilines is 1. The fraction of sp³-hybridized carbons (Fsp3) is 0.167. The summed E-state index contributed by atoms with van der Waals surface area (Å²) in [5.74, 6) is -1.32. The molecule has 0 aliphatic heterocycles. The maximum absolute atomic E-state index is 13.0. The number of halogens is 2. The summed E-state index contributed by atoms with van der Waals surface area (Å²) in [5, 5.41) is 2.48. The zero-order chi connectivity index (χ0) is 14.8. The first-order valence-electron chi connectivity index (χ1n) is 5.63.